The van der Waals surface area contributed by atoms with Gasteiger partial charge in [-0.1, -0.05) is 0 Å². The number of hydrogen-bond donors (Lipinski definition) is 0. The average Bonchev–Trinajstić information content (AvgIpc) is 2.53. The number of nitrogens with zero attached hydrogens (tertiary/aromatic N) is 2. The van der Waals surface area contributed by atoms with Crippen LogP contribution >= 0.6 is 0 Å². The van der Waals surface area contributed by atoms with Crippen LogP contribution in [0.2, 0.25) is 0 Å². The molecule has 0 aromatic heterocycles. The first-order valence-electron chi connectivity index (χ1n) is 6.60. The zero-order valence-electron chi connectivity index (χ0n) is 11.3. The number of ether oxygens (including phenoxy) is 3. The van der Waals surface area contributed by atoms with E-state index in [0.717, 1.165) is 30.2 Å². The van der Waals surface area contributed by atoms with Crippen molar-refractivity contribution in [2.24, 2.45) is 0 Å². The molecule has 1 aromatic rings. The van der Waals surface area contributed by atoms with Crippen molar-refractivity contribution in [2.45, 2.75) is 6.23 Å². The van der Waals surface area contributed by atoms with Gasteiger partial charge in [-0.2, -0.15) is 5.26 Å². The zero-order valence-corrected chi connectivity index (χ0v) is 11.3. The molecule has 2 aliphatic rings. The number of fused-ring (bicyclic) bond motifs is 1. The summed E-state index contributed by atoms with van der Waals surface area (Å²) >= 11 is 0. The molecule has 5 heteroatoms. The SMILES string of the molecule is COc1ccc2c(c1)C=C(C#N)C(N1CCOCC1)O2. The number of hydrogen-bond acceptors (Lipinski definition) is 5. The van der Waals surface area contributed by atoms with E-state index in [0.29, 0.717) is 18.8 Å². The summed E-state index contributed by atoms with van der Waals surface area (Å²) < 4.78 is 16.5. The van der Waals surface area contributed by atoms with Crippen LogP contribution in [-0.2, 0) is 4.74 Å². The minimum absolute atomic E-state index is 0.315. The molecule has 1 aromatic carbocycles. The van der Waals surface area contributed by atoms with Crippen LogP contribution in [0, 0.1) is 11.3 Å². The van der Waals surface area contributed by atoms with Crippen molar-refractivity contribution < 1.29 is 14.2 Å². The third-order valence-electron chi connectivity index (χ3n) is 3.54. The highest BCUT2D eigenvalue weighted by Crippen LogP contribution is 2.33. The van der Waals surface area contributed by atoms with E-state index in [2.05, 4.69) is 11.0 Å². The van der Waals surface area contributed by atoms with E-state index in [4.69, 9.17) is 14.2 Å². The van der Waals surface area contributed by atoms with Gasteiger partial charge in [0.05, 0.1) is 25.9 Å². The van der Waals surface area contributed by atoms with Gasteiger partial charge in [-0.15, -0.1) is 0 Å². The van der Waals surface area contributed by atoms with Crippen molar-refractivity contribution in [1.82, 2.24) is 4.90 Å². The molecule has 1 fully saturated rings. The Morgan fingerprint density at radius 3 is 2.85 bits per heavy atom. The highest BCUT2D eigenvalue weighted by Gasteiger charge is 2.30. The van der Waals surface area contributed by atoms with Gasteiger partial charge in [0.15, 0.2) is 6.23 Å². The van der Waals surface area contributed by atoms with Crippen LogP contribution < -0.4 is 9.47 Å². The van der Waals surface area contributed by atoms with Gasteiger partial charge in [0.2, 0.25) is 0 Å². The zero-order chi connectivity index (χ0) is 13.9. The molecule has 2 aliphatic heterocycles. The molecular weight excluding hydrogens is 256 g/mol. The molecule has 0 N–H and O–H groups in total. The fraction of sp³-hybridized carbons (Fsp3) is 0.400. The summed E-state index contributed by atoms with van der Waals surface area (Å²) in [6.07, 6.45) is 1.56. The van der Waals surface area contributed by atoms with E-state index in [1.54, 1.807) is 7.11 Å². The smallest absolute Gasteiger partial charge is 0.189 e. The monoisotopic (exact) mass is 272 g/mol. The van der Waals surface area contributed by atoms with Crippen LogP contribution in [0.4, 0.5) is 0 Å². The molecular formula is C15H16N2O3. The van der Waals surface area contributed by atoms with E-state index in [-0.39, 0.29) is 6.23 Å². The number of benzene rings is 1. The van der Waals surface area contributed by atoms with Gasteiger partial charge in [-0.25, -0.2) is 0 Å². The Kier molecular flexibility index (Phi) is 3.59. The van der Waals surface area contributed by atoms with Crippen molar-refractivity contribution in [3.8, 4) is 17.6 Å². The molecule has 5 nitrogen and oxygen atoms in total. The fourth-order valence-electron chi connectivity index (χ4n) is 2.47. The molecule has 3 rings (SSSR count). The van der Waals surface area contributed by atoms with Gasteiger partial charge in [0, 0.05) is 18.7 Å². The standard InChI is InChI=1S/C15H16N2O3/c1-18-13-2-3-14-11(9-13)8-12(10-16)15(20-14)17-4-6-19-7-5-17/h2-3,8-9,15H,4-7H2,1H3. The topological polar surface area (TPSA) is 54.7 Å². The van der Waals surface area contributed by atoms with Crippen LogP contribution in [0.1, 0.15) is 5.56 Å². The maximum absolute atomic E-state index is 9.36. The van der Waals surface area contributed by atoms with Crippen molar-refractivity contribution in [2.75, 3.05) is 33.4 Å². The molecule has 1 atom stereocenters. The van der Waals surface area contributed by atoms with Gasteiger partial charge < -0.3 is 14.2 Å². The van der Waals surface area contributed by atoms with Crippen molar-refractivity contribution in [3.63, 3.8) is 0 Å². The molecule has 0 spiro atoms. The van der Waals surface area contributed by atoms with E-state index in [1.165, 1.54) is 0 Å². The maximum Gasteiger partial charge on any atom is 0.189 e. The maximum atomic E-state index is 9.36. The molecule has 1 unspecified atom stereocenters. The van der Waals surface area contributed by atoms with Gasteiger partial charge in [-0.05, 0) is 24.3 Å². The molecule has 0 amide bonds. The van der Waals surface area contributed by atoms with Gasteiger partial charge in [0.1, 0.15) is 17.6 Å². The Hall–Kier alpha value is -2.03. The number of nitriles is 1. The Morgan fingerprint density at radius 2 is 2.15 bits per heavy atom. The van der Waals surface area contributed by atoms with E-state index < -0.39 is 0 Å². The Labute approximate surface area is 118 Å². The molecule has 0 bridgehead atoms. The second-order valence-electron chi connectivity index (χ2n) is 4.73. The molecule has 1 saturated heterocycles. The molecule has 104 valence electrons. The van der Waals surface area contributed by atoms with Crippen LogP contribution in [0.3, 0.4) is 0 Å². The lowest BCUT2D eigenvalue weighted by molar-refractivity contribution is -0.0289. The highest BCUT2D eigenvalue weighted by atomic mass is 16.5. The number of morpholine rings is 1. The summed E-state index contributed by atoms with van der Waals surface area (Å²) in [6, 6.07) is 7.86. The fourth-order valence-corrected chi connectivity index (χ4v) is 2.47. The summed E-state index contributed by atoms with van der Waals surface area (Å²) in [5.41, 5.74) is 1.50. The summed E-state index contributed by atoms with van der Waals surface area (Å²) in [5.74, 6) is 1.53. The lowest BCUT2D eigenvalue weighted by atomic mass is 10.0. The first kappa shape index (κ1) is 13.0. The molecule has 20 heavy (non-hydrogen) atoms. The summed E-state index contributed by atoms with van der Waals surface area (Å²) in [7, 11) is 1.62. The third-order valence-corrected chi connectivity index (χ3v) is 3.54. The summed E-state index contributed by atoms with van der Waals surface area (Å²) in [6.45, 7) is 2.90. The van der Waals surface area contributed by atoms with Gasteiger partial charge in [-0.3, -0.25) is 4.90 Å². The van der Waals surface area contributed by atoms with E-state index in [1.807, 2.05) is 24.3 Å². The van der Waals surface area contributed by atoms with Crippen LogP contribution in [0.15, 0.2) is 23.8 Å². The summed E-state index contributed by atoms with van der Waals surface area (Å²) in [5, 5.41) is 9.36. The van der Waals surface area contributed by atoms with E-state index in [9.17, 15) is 5.26 Å². The first-order valence-corrected chi connectivity index (χ1v) is 6.60. The van der Waals surface area contributed by atoms with Crippen LogP contribution in [0.5, 0.6) is 11.5 Å². The van der Waals surface area contributed by atoms with Crippen molar-refractivity contribution >= 4 is 6.08 Å². The van der Waals surface area contributed by atoms with Gasteiger partial charge in [0.25, 0.3) is 0 Å². The molecule has 0 radical (unpaired) electrons. The summed E-state index contributed by atoms with van der Waals surface area (Å²) in [4.78, 5) is 2.13. The minimum atomic E-state index is -0.315. The Bertz CT molecular complexity index is 571. The minimum Gasteiger partial charge on any atom is -0.497 e. The Morgan fingerprint density at radius 1 is 1.35 bits per heavy atom. The van der Waals surface area contributed by atoms with Crippen LogP contribution in [0.25, 0.3) is 6.08 Å². The second-order valence-corrected chi connectivity index (χ2v) is 4.73. The van der Waals surface area contributed by atoms with Crippen molar-refractivity contribution in [3.05, 3.63) is 29.3 Å². The first-order chi connectivity index (χ1) is 9.81. The molecule has 0 saturated carbocycles. The van der Waals surface area contributed by atoms with Crippen molar-refractivity contribution in [1.29, 1.82) is 5.26 Å². The lowest BCUT2D eigenvalue weighted by Gasteiger charge is -2.36. The van der Waals surface area contributed by atoms with Crippen LogP contribution in [-0.4, -0.2) is 44.5 Å². The quantitative estimate of drug-likeness (QED) is 0.819. The molecule has 0 aliphatic carbocycles. The van der Waals surface area contributed by atoms with E-state index >= 15 is 0 Å². The number of rotatable bonds is 2. The van der Waals surface area contributed by atoms with Gasteiger partial charge >= 0.3 is 0 Å². The Balaban J connectivity index is 1.91. The lowest BCUT2D eigenvalue weighted by Crippen LogP contribution is -2.47. The highest BCUT2D eigenvalue weighted by molar-refractivity contribution is 5.67. The normalized spacial score (nSPS) is 22.2. The molecule has 2 heterocycles. The predicted molar refractivity (Wildman–Crippen MR) is 73.4 cm³/mol. The second kappa shape index (κ2) is 5.53. The predicted octanol–water partition coefficient (Wildman–Crippen LogP) is 1.65. The third kappa shape index (κ3) is 2.36. The number of methoxy groups -OCH3 is 1. The average molecular weight is 272 g/mol. The largest absolute Gasteiger partial charge is 0.497 e.